The first kappa shape index (κ1) is 25.6. The molecule has 182 valence electrons. The fourth-order valence-corrected chi connectivity index (χ4v) is 7.79. The number of hydrogen-bond acceptors (Lipinski definition) is 7. The molecule has 0 saturated carbocycles. The van der Waals surface area contributed by atoms with Gasteiger partial charge in [0.25, 0.3) is 0 Å². The summed E-state index contributed by atoms with van der Waals surface area (Å²) < 4.78 is 59.9. The van der Waals surface area contributed by atoms with Crippen molar-refractivity contribution in [3.63, 3.8) is 0 Å². The van der Waals surface area contributed by atoms with Crippen molar-refractivity contribution in [2.45, 2.75) is 43.4 Å². The summed E-state index contributed by atoms with van der Waals surface area (Å²) in [5, 5.41) is 0. The second-order valence-corrected chi connectivity index (χ2v) is 11.8. The normalized spacial score (nSPS) is 12.1. The third-order valence-corrected chi connectivity index (χ3v) is 9.26. The van der Waals surface area contributed by atoms with Crippen LogP contribution < -0.4 is 0 Å². The van der Waals surface area contributed by atoms with E-state index in [2.05, 4.69) is 0 Å². The highest BCUT2D eigenvalue weighted by Crippen LogP contribution is 2.36. The van der Waals surface area contributed by atoms with E-state index in [0.29, 0.717) is 0 Å². The number of esters is 1. The molecule has 34 heavy (non-hydrogen) atoms. The van der Waals surface area contributed by atoms with Crippen LogP contribution in [0.1, 0.15) is 60.0 Å². The number of hydrogen-bond donors (Lipinski definition) is 0. The van der Waals surface area contributed by atoms with Gasteiger partial charge in [0.15, 0.2) is 19.7 Å². The zero-order valence-electron chi connectivity index (χ0n) is 19.3. The topological polar surface area (TPSA) is 116 Å². The summed E-state index contributed by atoms with van der Waals surface area (Å²) in [5.41, 5.74) is -0.0468. The van der Waals surface area contributed by atoms with Crippen molar-refractivity contribution in [3.8, 4) is 0 Å². The minimum Gasteiger partial charge on any atom is -0.462 e. The fourth-order valence-electron chi connectivity index (χ4n) is 3.81. The van der Waals surface area contributed by atoms with Crippen molar-refractivity contribution in [2.75, 3.05) is 18.1 Å². The third-order valence-electron chi connectivity index (χ3n) is 5.18. The Morgan fingerprint density at radius 2 is 1.41 bits per heavy atom. The molecule has 2 aromatic heterocycles. The number of sulfone groups is 2. The lowest BCUT2D eigenvalue weighted by molar-refractivity contribution is 0.0526. The lowest BCUT2D eigenvalue weighted by atomic mass is 10.1. The summed E-state index contributed by atoms with van der Waals surface area (Å²) in [6, 6.07) is 10.7. The number of fused-ring (bicyclic) bond motifs is 1. The van der Waals surface area contributed by atoms with Crippen molar-refractivity contribution in [3.05, 3.63) is 65.5 Å². The highest BCUT2D eigenvalue weighted by molar-refractivity contribution is 7.94. The number of carbonyl (C=O) groups excluding carboxylic acids is 2. The fraction of sp³-hybridized carbons (Fsp3) is 0.333. The molecule has 2 heterocycles. The minimum absolute atomic E-state index is 0.0482. The number of aromatic nitrogens is 1. The molecule has 3 rings (SSSR count). The maximum atomic E-state index is 13.6. The van der Waals surface area contributed by atoms with E-state index in [1.54, 1.807) is 39.0 Å². The summed E-state index contributed by atoms with van der Waals surface area (Å²) in [6.07, 6.45) is 1.81. The van der Waals surface area contributed by atoms with Crippen LogP contribution >= 0.6 is 0 Å². The maximum Gasteiger partial charge on any atom is 0.338 e. The lowest BCUT2D eigenvalue weighted by Crippen LogP contribution is -2.17. The lowest BCUT2D eigenvalue weighted by Gasteiger charge is -2.09. The second kappa shape index (κ2) is 10.1. The van der Waals surface area contributed by atoms with Crippen molar-refractivity contribution < 1.29 is 31.2 Å². The van der Waals surface area contributed by atoms with Gasteiger partial charge in [0, 0.05) is 11.8 Å². The highest BCUT2D eigenvalue weighted by atomic mass is 32.2. The Balaban J connectivity index is 2.52. The predicted octanol–water partition coefficient (Wildman–Crippen LogP) is 3.71. The Kier molecular flexibility index (Phi) is 7.62. The molecule has 0 atom stereocenters. The van der Waals surface area contributed by atoms with E-state index in [-0.39, 0.29) is 53.3 Å². The third kappa shape index (κ3) is 4.78. The van der Waals surface area contributed by atoms with Crippen LogP contribution in [0.3, 0.4) is 0 Å². The van der Waals surface area contributed by atoms with Crippen molar-refractivity contribution in [2.24, 2.45) is 0 Å². The van der Waals surface area contributed by atoms with Crippen LogP contribution in [-0.4, -0.2) is 51.1 Å². The molecular weight excluding hydrogens is 478 g/mol. The molecule has 0 N–H and O–H groups in total. The van der Waals surface area contributed by atoms with Gasteiger partial charge >= 0.3 is 5.97 Å². The van der Waals surface area contributed by atoms with Crippen molar-refractivity contribution >= 4 is 36.9 Å². The van der Waals surface area contributed by atoms with E-state index in [9.17, 15) is 26.4 Å². The molecule has 0 aliphatic carbocycles. The molecule has 0 amide bonds. The Morgan fingerprint density at radius 3 is 1.97 bits per heavy atom. The average molecular weight is 506 g/mol. The van der Waals surface area contributed by atoms with Crippen LogP contribution in [0.5, 0.6) is 0 Å². The molecule has 0 fully saturated rings. The molecule has 0 saturated heterocycles. The van der Waals surface area contributed by atoms with Crippen LogP contribution in [0.25, 0.3) is 5.52 Å². The number of pyridine rings is 1. The Hall–Kier alpha value is -2.98. The van der Waals surface area contributed by atoms with Gasteiger partial charge in [0.1, 0.15) is 15.5 Å². The second-order valence-electron chi connectivity index (χ2n) is 7.73. The molecule has 1 aromatic carbocycles. The maximum absolute atomic E-state index is 13.6. The zero-order valence-corrected chi connectivity index (χ0v) is 20.9. The SMILES string of the molecule is CCCS(=O)(=O)c1c(S(=O)(=O)CCC)c2cc(C(=O)OCC)ccn2c1C(=O)c1ccccc1. The molecule has 3 aromatic rings. The largest absolute Gasteiger partial charge is 0.462 e. The number of benzene rings is 1. The van der Waals surface area contributed by atoms with Gasteiger partial charge in [-0.25, -0.2) is 21.6 Å². The van der Waals surface area contributed by atoms with Gasteiger partial charge in [-0.05, 0) is 31.9 Å². The van der Waals surface area contributed by atoms with E-state index in [0.717, 1.165) is 0 Å². The van der Waals surface area contributed by atoms with Gasteiger partial charge in [-0.15, -0.1) is 0 Å². The molecule has 0 unspecified atom stereocenters. The monoisotopic (exact) mass is 505 g/mol. The molecular formula is C24H27NO7S2. The Bertz CT molecular complexity index is 1440. The first-order valence-electron chi connectivity index (χ1n) is 11.0. The van der Waals surface area contributed by atoms with Crippen LogP contribution in [0, 0.1) is 0 Å². The highest BCUT2D eigenvalue weighted by Gasteiger charge is 2.37. The molecule has 0 aliphatic rings. The number of rotatable bonds is 10. The van der Waals surface area contributed by atoms with Gasteiger partial charge in [0.05, 0.1) is 29.2 Å². The Morgan fingerprint density at radius 1 is 0.824 bits per heavy atom. The number of nitrogens with zero attached hydrogens (tertiary/aromatic N) is 1. The minimum atomic E-state index is -4.17. The first-order chi connectivity index (χ1) is 16.1. The zero-order chi connectivity index (χ0) is 25.1. The van der Waals surface area contributed by atoms with Crippen molar-refractivity contribution in [1.82, 2.24) is 4.40 Å². The van der Waals surface area contributed by atoms with Gasteiger partial charge in [-0.2, -0.15) is 0 Å². The number of carbonyl (C=O) groups is 2. The summed E-state index contributed by atoms with van der Waals surface area (Å²) in [6.45, 7) is 5.07. The van der Waals surface area contributed by atoms with Gasteiger partial charge in [-0.1, -0.05) is 44.2 Å². The van der Waals surface area contributed by atoms with E-state index < -0.39 is 41.2 Å². The molecule has 0 spiro atoms. The van der Waals surface area contributed by atoms with Crippen LogP contribution in [0.4, 0.5) is 0 Å². The number of ketones is 1. The molecule has 0 radical (unpaired) electrons. The van der Waals surface area contributed by atoms with Crippen molar-refractivity contribution in [1.29, 1.82) is 0 Å². The summed E-state index contributed by atoms with van der Waals surface area (Å²) in [4.78, 5) is 25.0. The molecule has 8 nitrogen and oxygen atoms in total. The van der Waals surface area contributed by atoms with Crippen LogP contribution in [-0.2, 0) is 24.4 Å². The van der Waals surface area contributed by atoms with Gasteiger partial charge in [0.2, 0.25) is 5.78 Å². The van der Waals surface area contributed by atoms with E-state index >= 15 is 0 Å². The van der Waals surface area contributed by atoms with Crippen LogP contribution in [0.15, 0.2) is 58.5 Å². The van der Waals surface area contributed by atoms with E-state index in [4.69, 9.17) is 4.74 Å². The average Bonchev–Trinajstić information content (AvgIpc) is 3.15. The first-order valence-corrected chi connectivity index (χ1v) is 14.3. The molecule has 10 heteroatoms. The summed E-state index contributed by atoms with van der Waals surface area (Å²) in [5.74, 6) is -1.96. The van der Waals surface area contributed by atoms with Crippen LogP contribution in [0.2, 0.25) is 0 Å². The quantitative estimate of drug-likeness (QED) is 0.305. The van der Waals surface area contributed by atoms with E-state index in [1.807, 2.05) is 0 Å². The molecule has 0 aliphatic heterocycles. The van der Waals surface area contributed by atoms with Gasteiger partial charge < -0.3 is 9.14 Å². The van der Waals surface area contributed by atoms with Gasteiger partial charge in [-0.3, -0.25) is 4.79 Å². The van der Waals surface area contributed by atoms with E-state index in [1.165, 1.54) is 34.9 Å². The standard InChI is InChI=1S/C24H27NO7S2/c1-4-14-33(28,29)22-19-16-18(24(27)32-6-3)12-13-25(19)20(23(22)34(30,31)15-5-2)21(26)17-10-8-7-9-11-17/h7-13,16H,4-6,14-15H2,1-3H3. The summed E-state index contributed by atoms with van der Waals surface area (Å²) in [7, 11) is -8.29. The Labute approximate surface area is 199 Å². The molecule has 0 bridgehead atoms. The summed E-state index contributed by atoms with van der Waals surface area (Å²) >= 11 is 0. The smallest absolute Gasteiger partial charge is 0.338 e. The number of ether oxygens (including phenoxy) is 1. The predicted molar refractivity (Wildman–Crippen MR) is 128 cm³/mol.